The first kappa shape index (κ1) is 22.4. The van der Waals surface area contributed by atoms with Crippen LogP contribution in [0.4, 0.5) is 0 Å². The van der Waals surface area contributed by atoms with Crippen molar-refractivity contribution in [1.82, 2.24) is 0 Å². The van der Waals surface area contributed by atoms with Crippen LogP contribution in [0.15, 0.2) is 97.1 Å². The van der Waals surface area contributed by atoms with Crippen LogP contribution in [0.5, 0.6) is 0 Å². The van der Waals surface area contributed by atoms with Gasteiger partial charge in [-0.2, -0.15) is 0 Å². The van der Waals surface area contributed by atoms with Crippen molar-refractivity contribution in [3.05, 3.63) is 147 Å². The van der Waals surface area contributed by atoms with E-state index in [0.29, 0.717) is 0 Å². The second-order valence-electron chi connectivity index (χ2n) is 9.18. The lowest BCUT2D eigenvalue weighted by Crippen LogP contribution is -2.31. The molecule has 0 saturated carbocycles. The van der Waals surface area contributed by atoms with Crippen LogP contribution in [-0.4, -0.2) is 11.1 Å². The molecule has 0 unspecified atom stereocenters. The molecule has 35 heavy (non-hydrogen) atoms. The van der Waals surface area contributed by atoms with Gasteiger partial charge in [0, 0.05) is 16.5 Å². The summed E-state index contributed by atoms with van der Waals surface area (Å²) in [6.07, 6.45) is 5.36. The van der Waals surface area contributed by atoms with Crippen molar-refractivity contribution in [2.24, 2.45) is 0 Å². The van der Waals surface area contributed by atoms with E-state index in [9.17, 15) is 4.79 Å². The van der Waals surface area contributed by atoms with E-state index in [1.54, 1.807) is 24.3 Å². The number of benzene rings is 4. The maximum absolute atomic E-state index is 11.1. The van der Waals surface area contributed by atoms with Crippen molar-refractivity contribution in [3.8, 4) is 11.8 Å². The second-order valence-corrected chi connectivity index (χ2v) is 9.18. The van der Waals surface area contributed by atoms with Gasteiger partial charge in [-0.1, -0.05) is 89.7 Å². The van der Waals surface area contributed by atoms with Crippen LogP contribution in [0.2, 0.25) is 0 Å². The summed E-state index contributed by atoms with van der Waals surface area (Å²) in [5.41, 5.74) is 9.17. The Labute approximate surface area is 206 Å². The molecule has 0 atom stereocenters. The van der Waals surface area contributed by atoms with Crippen molar-refractivity contribution in [2.75, 3.05) is 0 Å². The van der Waals surface area contributed by atoms with Crippen LogP contribution in [0, 0.1) is 25.7 Å². The first-order chi connectivity index (χ1) is 17.0. The molecule has 0 amide bonds. The molecule has 0 spiro atoms. The van der Waals surface area contributed by atoms with Crippen molar-refractivity contribution in [3.63, 3.8) is 0 Å². The zero-order valence-corrected chi connectivity index (χ0v) is 19.9. The molecule has 4 aromatic carbocycles. The molecule has 0 heterocycles. The fourth-order valence-corrected chi connectivity index (χ4v) is 4.85. The first-order valence-corrected chi connectivity index (χ1v) is 11.8. The zero-order valence-electron chi connectivity index (χ0n) is 19.9. The summed E-state index contributed by atoms with van der Waals surface area (Å²) in [6.45, 7) is 4.24. The zero-order chi connectivity index (χ0) is 24.4. The summed E-state index contributed by atoms with van der Waals surface area (Å²) >= 11 is 0. The molecule has 1 aliphatic carbocycles. The Morgan fingerprint density at radius 1 is 0.743 bits per heavy atom. The lowest BCUT2D eigenvalue weighted by atomic mass is 9.64. The van der Waals surface area contributed by atoms with E-state index in [1.165, 1.54) is 33.4 Å². The van der Waals surface area contributed by atoms with E-state index < -0.39 is 5.97 Å². The molecule has 5 rings (SSSR count). The fourth-order valence-electron chi connectivity index (χ4n) is 4.85. The van der Waals surface area contributed by atoms with Crippen LogP contribution in [0.3, 0.4) is 0 Å². The van der Waals surface area contributed by atoms with Crippen molar-refractivity contribution in [2.45, 2.75) is 25.7 Å². The van der Waals surface area contributed by atoms with Gasteiger partial charge in [-0.15, -0.1) is 0 Å². The average molecular weight is 455 g/mol. The van der Waals surface area contributed by atoms with E-state index in [-0.39, 0.29) is 11.0 Å². The molecule has 4 aromatic rings. The lowest BCUT2D eigenvalue weighted by molar-refractivity contribution is 0.0697. The highest BCUT2D eigenvalue weighted by Gasteiger charge is 2.38. The van der Waals surface area contributed by atoms with E-state index in [4.69, 9.17) is 5.11 Å². The third-order valence-electron chi connectivity index (χ3n) is 6.81. The van der Waals surface area contributed by atoms with Gasteiger partial charge in [-0.05, 0) is 78.9 Å². The summed E-state index contributed by atoms with van der Waals surface area (Å²) in [4.78, 5) is 11.1. The molecular weight excluding hydrogens is 428 g/mol. The molecule has 0 bridgehead atoms. The van der Waals surface area contributed by atoms with Gasteiger partial charge < -0.3 is 5.11 Å². The SMILES string of the molecule is Cc1ccc(C2(c3ccc(C)cc3)CC=Cc3ccc(C#Cc4ccc(C(=O)O)cc4)cc32)cc1. The molecule has 1 aliphatic rings. The molecular formula is C33H26O2. The summed E-state index contributed by atoms with van der Waals surface area (Å²) in [6, 6.07) is 30.9. The number of aromatic carboxylic acids is 1. The number of hydrogen-bond acceptors (Lipinski definition) is 1. The van der Waals surface area contributed by atoms with E-state index in [0.717, 1.165) is 17.5 Å². The maximum Gasteiger partial charge on any atom is 0.335 e. The highest BCUT2D eigenvalue weighted by molar-refractivity contribution is 5.87. The highest BCUT2D eigenvalue weighted by Crippen LogP contribution is 2.47. The van der Waals surface area contributed by atoms with Gasteiger partial charge in [0.2, 0.25) is 0 Å². The van der Waals surface area contributed by atoms with E-state index in [2.05, 4.69) is 105 Å². The van der Waals surface area contributed by atoms with Gasteiger partial charge in [0.05, 0.1) is 5.56 Å². The number of carboxylic acids is 1. The molecule has 0 aliphatic heterocycles. The normalized spacial score (nSPS) is 13.4. The maximum atomic E-state index is 11.1. The fraction of sp³-hybridized carbons (Fsp3) is 0.121. The summed E-state index contributed by atoms with van der Waals surface area (Å²) in [5, 5.41) is 9.12. The average Bonchev–Trinajstić information content (AvgIpc) is 2.88. The molecule has 1 N–H and O–H groups in total. The molecule has 2 nitrogen and oxygen atoms in total. The Bertz CT molecular complexity index is 1430. The Morgan fingerprint density at radius 2 is 1.29 bits per heavy atom. The minimum atomic E-state index is -0.934. The quantitative estimate of drug-likeness (QED) is 0.334. The van der Waals surface area contributed by atoms with Crippen LogP contribution in [-0.2, 0) is 5.41 Å². The summed E-state index contributed by atoms with van der Waals surface area (Å²) in [5.74, 6) is 5.56. The molecule has 0 fully saturated rings. The van der Waals surface area contributed by atoms with Crippen molar-refractivity contribution in [1.29, 1.82) is 0 Å². The number of fused-ring (bicyclic) bond motifs is 1. The number of carbonyl (C=O) groups is 1. The topological polar surface area (TPSA) is 37.3 Å². The second kappa shape index (κ2) is 9.12. The number of allylic oxidation sites excluding steroid dienone is 1. The third kappa shape index (κ3) is 4.29. The Morgan fingerprint density at radius 3 is 1.86 bits per heavy atom. The lowest BCUT2D eigenvalue weighted by Gasteiger charge is -2.38. The Hall–Kier alpha value is -4.35. The van der Waals surface area contributed by atoms with Crippen LogP contribution >= 0.6 is 0 Å². The van der Waals surface area contributed by atoms with Crippen LogP contribution < -0.4 is 0 Å². The van der Waals surface area contributed by atoms with Crippen LogP contribution in [0.1, 0.15) is 61.3 Å². The van der Waals surface area contributed by atoms with Gasteiger partial charge in [0.15, 0.2) is 0 Å². The number of carboxylic acid groups (broad SMARTS) is 1. The minimum absolute atomic E-state index is 0.261. The molecule has 2 heteroatoms. The monoisotopic (exact) mass is 454 g/mol. The van der Waals surface area contributed by atoms with Gasteiger partial charge in [0.25, 0.3) is 0 Å². The minimum Gasteiger partial charge on any atom is -0.478 e. The Balaban J connectivity index is 1.64. The van der Waals surface area contributed by atoms with E-state index >= 15 is 0 Å². The van der Waals surface area contributed by atoms with Gasteiger partial charge >= 0.3 is 5.97 Å². The number of rotatable bonds is 3. The largest absolute Gasteiger partial charge is 0.478 e. The van der Waals surface area contributed by atoms with Crippen molar-refractivity contribution < 1.29 is 9.90 Å². The first-order valence-electron chi connectivity index (χ1n) is 11.8. The summed E-state index contributed by atoms with van der Waals surface area (Å²) in [7, 11) is 0. The van der Waals surface area contributed by atoms with Gasteiger partial charge in [-0.25, -0.2) is 4.79 Å². The summed E-state index contributed by atoms with van der Waals surface area (Å²) < 4.78 is 0. The standard InChI is InChI=1S/C33H26O2/c1-23-5-17-29(18-6-23)33(30-19-7-24(2)8-20-30)21-3-4-27-14-13-26(22-31(27)33)10-9-25-11-15-28(16-12-25)32(34)35/h3-8,11-20,22H,21H2,1-2H3,(H,34,35). The Kier molecular flexibility index (Phi) is 5.85. The molecule has 170 valence electrons. The highest BCUT2D eigenvalue weighted by atomic mass is 16.4. The molecule has 0 saturated heterocycles. The predicted octanol–water partition coefficient (Wildman–Crippen LogP) is 7.15. The molecule has 0 radical (unpaired) electrons. The van der Waals surface area contributed by atoms with Crippen LogP contribution in [0.25, 0.3) is 6.08 Å². The predicted molar refractivity (Wildman–Crippen MR) is 142 cm³/mol. The van der Waals surface area contributed by atoms with Gasteiger partial charge in [0.1, 0.15) is 0 Å². The number of hydrogen-bond donors (Lipinski definition) is 1. The van der Waals surface area contributed by atoms with Crippen molar-refractivity contribution >= 4 is 12.0 Å². The number of aryl methyl sites for hydroxylation is 2. The van der Waals surface area contributed by atoms with Gasteiger partial charge in [-0.3, -0.25) is 0 Å². The smallest absolute Gasteiger partial charge is 0.335 e. The van der Waals surface area contributed by atoms with E-state index in [1.807, 2.05) is 0 Å². The molecule has 0 aromatic heterocycles. The third-order valence-corrected chi connectivity index (χ3v) is 6.81.